The number of piperazine rings is 1. The second-order valence-corrected chi connectivity index (χ2v) is 7.65. The van der Waals surface area contributed by atoms with Crippen LogP contribution in [0, 0.1) is 5.82 Å². The summed E-state index contributed by atoms with van der Waals surface area (Å²) in [6, 6.07) is 19.2. The van der Waals surface area contributed by atoms with Crippen LogP contribution in [0.4, 0.5) is 15.9 Å². The summed E-state index contributed by atoms with van der Waals surface area (Å²) in [7, 11) is 1.69. The molecule has 9 heteroatoms. The quantitative estimate of drug-likeness (QED) is 0.362. The van der Waals surface area contributed by atoms with Crippen molar-refractivity contribution >= 4 is 17.4 Å². The van der Waals surface area contributed by atoms with Gasteiger partial charge in [0, 0.05) is 51.0 Å². The lowest BCUT2D eigenvalue weighted by atomic mass is 10.2. The van der Waals surface area contributed by atoms with E-state index in [-0.39, 0.29) is 36.5 Å². The Kier molecular flexibility index (Phi) is 10.6. The zero-order chi connectivity index (χ0) is 22.3. The highest BCUT2D eigenvalue weighted by atomic mass is 35.5. The van der Waals surface area contributed by atoms with Gasteiger partial charge in [-0.2, -0.15) is 0 Å². The zero-order valence-corrected chi connectivity index (χ0v) is 20.4. The number of amides is 1. The number of hydrogen-bond donors (Lipinski definition) is 0. The molecule has 0 spiro atoms. The third-order valence-electron chi connectivity index (χ3n) is 5.70. The number of anilines is 2. The fourth-order valence-corrected chi connectivity index (χ4v) is 3.93. The summed E-state index contributed by atoms with van der Waals surface area (Å²) in [5, 5.41) is 0. The first-order valence-electron chi connectivity index (χ1n) is 10.7. The normalized spacial score (nSPS) is 13.4. The predicted molar refractivity (Wildman–Crippen MR) is 124 cm³/mol. The maximum atomic E-state index is 13.3. The van der Waals surface area contributed by atoms with E-state index in [2.05, 4.69) is 20.9 Å². The molecule has 0 saturated carbocycles. The number of nitrogens with zero attached hydrogens (tertiary/aromatic N) is 4. The van der Waals surface area contributed by atoms with Crippen molar-refractivity contribution in [3.8, 4) is 5.75 Å². The minimum Gasteiger partial charge on any atom is -1.00 e. The van der Waals surface area contributed by atoms with Gasteiger partial charge in [-0.25, -0.2) is 9.37 Å². The first-order valence-corrected chi connectivity index (χ1v) is 10.7. The summed E-state index contributed by atoms with van der Waals surface area (Å²) in [6.07, 6.45) is 1.67. The third-order valence-corrected chi connectivity index (χ3v) is 5.70. The fourth-order valence-electron chi connectivity index (χ4n) is 3.93. The lowest BCUT2D eigenvalue weighted by Crippen LogP contribution is -3.00. The average molecular weight is 505 g/mol. The molecule has 1 aromatic heterocycles. The van der Waals surface area contributed by atoms with Crippen LogP contribution in [0.5, 0.6) is 5.75 Å². The van der Waals surface area contributed by atoms with Crippen LogP contribution in [0.1, 0.15) is 10.4 Å². The van der Waals surface area contributed by atoms with Gasteiger partial charge in [-0.1, -0.05) is 18.2 Å². The van der Waals surface area contributed by atoms with Gasteiger partial charge in [0.1, 0.15) is 17.4 Å². The second kappa shape index (κ2) is 13.1. The molecule has 1 aliphatic rings. The van der Waals surface area contributed by atoms with E-state index in [1.165, 1.54) is 24.3 Å². The maximum absolute atomic E-state index is 13.3. The molecule has 6 nitrogen and oxygen atoms in total. The molecule has 0 bridgehead atoms. The topological polar surface area (TPSA) is 48.9 Å². The SMILES string of the molecule is COc1ccccc1N1CCN(CCN(C(=O)c2ccc(F)cc2)c2ccccn2)CC1.[Cl-].[Cl-]. The van der Waals surface area contributed by atoms with Gasteiger partial charge < -0.3 is 34.5 Å². The molecular weight excluding hydrogens is 478 g/mol. The van der Waals surface area contributed by atoms with Crippen molar-refractivity contribution in [1.82, 2.24) is 9.88 Å². The highest BCUT2D eigenvalue weighted by Gasteiger charge is 2.23. The number of methoxy groups -OCH3 is 1. The number of benzene rings is 2. The minimum absolute atomic E-state index is 0. The molecule has 0 atom stereocenters. The van der Waals surface area contributed by atoms with Crippen LogP contribution < -0.4 is 39.4 Å². The molecule has 182 valence electrons. The molecule has 1 amide bonds. The lowest BCUT2D eigenvalue weighted by Gasteiger charge is -2.37. The van der Waals surface area contributed by atoms with Gasteiger partial charge in [0.2, 0.25) is 0 Å². The molecule has 2 aromatic carbocycles. The Morgan fingerprint density at radius 1 is 0.971 bits per heavy atom. The van der Waals surface area contributed by atoms with Crippen molar-refractivity contribution in [2.45, 2.75) is 0 Å². The van der Waals surface area contributed by atoms with Gasteiger partial charge in [-0.15, -0.1) is 0 Å². The van der Waals surface area contributed by atoms with E-state index in [0.717, 1.165) is 44.2 Å². The highest BCUT2D eigenvalue weighted by Crippen LogP contribution is 2.28. The van der Waals surface area contributed by atoms with Crippen molar-refractivity contribution in [1.29, 1.82) is 0 Å². The third kappa shape index (κ3) is 6.59. The molecule has 0 aliphatic carbocycles. The highest BCUT2D eigenvalue weighted by molar-refractivity contribution is 6.05. The van der Waals surface area contributed by atoms with Gasteiger partial charge in [0.05, 0.1) is 12.8 Å². The Morgan fingerprint density at radius 2 is 1.65 bits per heavy atom. The molecule has 1 aliphatic heterocycles. The number of aromatic nitrogens is 1. The van der Waals surface area contributed by atoms with Crippen molar-refractivity contribution in [2.75, 3.05) is 56.2 Å². The number of ether oxygens (including phenoxy) is 1. The van der Waals surface area contributed by atoms with Crippen molar-refractivity contribution in [3.63, 3.8) is 0 Å². The number of hydrogen-bond acceptors (Lipinski definition) is 5. The van der Waals surface area contributed by atoms with E-state index in [4.69, 9.17) is 4.74 Å². The predicted octanol–water partition coefficient (Wildman–Crippen LogP) is -2.29. The Hall–Kier alpha value is -2.87. The van der Waals surface area contributed by atoms with Crippen LogP contribution in [-0.2, 0) is 0 Å². The van der Waals surface area contributed by atoms with Crippen LogP contribution in [0.15, 0.2) is 72.9 Å². The monoisotopic (exact) mass is 504 g/mol. The fraction of sp³-hybridized carbons (Fsp3) is 0.280. The Morgan fingerprint density at radius 3 is 2.29 bits per heavy atom. The van der Waals surface area contributed by atoms with Crippen LogP contribution in [-0.4, -0.2) is 62.2 Å². The summed E-state index contributed by atoms with van der Waals surface area (Å²) >= 11 is 0. The van der Waals surface area contributed by atoms with E-state index < -0.39 is 0 Å². The second-order valence-electron chi connectivity index (χ2n) is 7.65. The number of halogens is 3. The molecule has 1 saturated heterocycles. The minimum atomic E-state index is -0.362. The first kappa shape index (κ1) is 27.4. The smallest absolute Gasteiger partial charge is 0.259 e. The maximum Gasteiger partial charge on any atom is 0.259 e. The summed E-state index contributed by atoms with van der Waals surface area (Å²) < 4.78 is 18.8. The van der Waals surface area contributed by atoms with Crippen LogP contribution in [0.3, 0.4) is 0 Å². The molecule has 0 unspecified atom stereocenters. The zero-order valence-electron chi connectivity index (χ0n) is 18.9. The average Bonchev–Trinajstić information content (AvgIpc) is 2.85. The van der Waals surface area contributed by atoms with E-state index in [1.807, 2.05) is 36.4 Å². The molecule has 0 radical (unpaired) electrons. The van der Waals surface area contributed by atoms with Crippen LogP contribution >= 0.6 is 0 Å². The van der Waals surface area contributed by atoms with Crippen molar-refractivity contribution in [2.24, 2.45) is 0 Å². The Balaban J connectivity index is 0.00000204. The molecule has 3 aromatic rings. The van der Waals surface area contributed by atoms with E-state index in [9.17, 15) is 9.18 Å². The Labute approximate surface area is 212 Å². The first-order chi connectivity index (χ1) is 15.7. The summed E-state index contributed by atoms with van der Waals surface area (Å²) in [5.41, 5.74) is 1.55. The summed E-state index contributed by atoms with van der Waals surface area (Å²) in [4.78, 5) is 23.9. The number of carbonyl (C=O) groups excluding carboxylic acids is 1. The van der Waals surface area contributed by atoms with Crippen LogP contribution in [0.2, 0.25) is 0 Å². The lowest BCUT2D eigenvalue weighted by molar-refractivity contribution is -0.001000. The van der Waals surface area contributed by atoms with Crippen LogP contribution in [0.25, 0.3) is 0 Å². The van der Waals surface area contributed by atoms with Gasteiger partial charge in [-0.3, -0.25) is 14.6 Å². The van der Waals surface area contributed by atoms with Gasteiger partial charge in [-0.05, 0) is 48.5 Å². The number of carbonyl (C=O) groups is 1. The Bertz CT molecular complexity index is 1030. The van der Waals surface area contributed by atoms with E-state index in [1.54, 1.807) is 18.2 Å². The summed E-state index contributed by atoms with van der Waals surface area (Å²) in [6.45, 7) is 4.77. The molecule has 34 heavy (non-hydrogen) atoms. The number of pyridine rings is 1. The largest absolute Gasteiger partial charge is 1.00 e. The standard InChI is InChI=1S/C25H27FN4O2.2ClH/c1-32-23-7-3-2-6-22(23)29-17-14-28(15-18-29)16-19-30(24-8-4-5-13-27-24)25(31)20-9-11-21(26)12-10-20;;/h2-13H,14-19H2,1H3;2*1H/p-2. The molecule has 0 N–H and O–H groups in total. The molecule has 4 rings (SSSR count). The molecule has 2 heterocycles. The van der Waals surface area contributed by atoms with Gasteiger partial charge in [0.25, 0.3) is 5.91 Å². The van der Waals surface area contributed by atoms with Gasteiger partial charge in [0.15, 0.2) is 0 Å². The van der Waals surface area contributed by atoms with Gasteiger partial charge >= 0.3 is 0 Å². The van der Waals surface area contributed by atoms with Crippen molar-refractivity contribution in [3.05, 3.63) is 84.3 Å². The summed E-state index contributed by atoms with van der Waals surface area (Å²) in [5.74, 6) is 0.928. The molecular formula is C25H27Cl2FN4O2-2. The van der Waals surface area contributed by atoms with E-state index >= 15 is 0 Å². The van der Waals surface area contributed by atoms with E-state index in [0.29, 0.717) is 17.9 Å². The number of rotatable bonds is 7. The van der Waals surface area contributed by atoms with Crippen molar-refractivity contribution < 1.29 is 38.7 Å². The number of para-hydroxylation sites is 2. The molecule has 1 fully saturated rings.